The smallest absolute Gasteiger partial charge is 0.354 e. The lowest BCUT2D eigenvalue weighted by atomic mass is 10.2. The van der Waals surface area contributed by atoms with E-state index in [0.29, 0.717) is 0 Å². The predicted molar refractivity (Wildman–Crippen MR) is 70.3 cm³/mol. The van der Waals surface area contributed by atoms with Crippen LogP contribution in [0.5, 0.6) is 0 Å². The second-order valence-electron chi connectivity index (χ2n) is 3.66. The zero-order valence-electron chi connectivity index (χ0n) is 11.0. The van der Waals surface area contributed by atoms with E-state index < -0.39 is 16.8 Å². The first-order valence-electron chi connectivity index (χ1n) is 5.72. The Hall–Kier alpha value is -2.77. The van der Waals surface area contributed by atoms with Crippen LogP contribution in [0.2, 0.25) is 0 Å². The highest BCUT2D eigenvalue weighted by atomic mass is 16.6. The largest absolute Gasteiger partial charge is 0.461 e. The Balaban J connectivity index is 2.69. The molecule has 106 valence electrons. The van der Waals surface area contributed by atoms with Gasteiger partial charge in [0.25, 0.3) is 11.6 Å². The van der Waals surface area contributed by atoms with E-state index in [1.165, 1.54) is 31.2 Å². The van der Waals surface area contributed by atoms with Crippen molar-refractivity contribution in [2.45, 2.75) is 13.8 Å². The van der Waals surface area contributed by atoms with E-state index in [4.69, 9.17) is 0 Å². The number of nitro groups is 1. The number of hydrogen-bond donors (Lipinski definition) is 1. The first-order valence-corrected chi connectivity index (χ1v) is 5.72. The van der Waals surface area contributed by atoms with Crippen molar-refractivity contribution in [2.24, 2.45) is 5.10 Å². The van der Waals surface area contributed by atoms with Crippen LogP contribution < -0.4 is 5.43 Å². The molecule has 1 N–H and O–H groups in total. The van der Waals surface area contributed by atoms with Crippen molar-refractivity contribution in [3.63, 3.8) is 0 Å². The molecule has 0 atom stereocenters. The van der Waals surface area contributed by atoms with Gasteiger partial charge in [0.2, 0.25) is 0 Å². The van der Waals surface area contributed by atoms with Crippen LogP contribution in [-0.4, -0.2) is 29.1 Å². The van der Waals surface area contributed by atoms with E-state index in [2.05, 4.69) is 15.3 Å². The van der Waals surface area contributed by atoms with Crippen LogP contribution in [-0.2, 0) is 9.53 Å². The van der Waals surface area contributed by atoms with Crippen molar-refractivity contribution in [2.75, 3.05) is 6.61 Å². The molecule has 0 saturated heterocycles. The van der Waals surface area contributed by atoms with Crippen molar-refractivity contribution >= 4 is 23.3 Å². The molecule has 20 heavy (non-hydrogen) atoms. The van der Waals surface area contributed by atoms with Crippen molar-refractivity contribution in [1.82, 2.24) is 5.43 Å². The van der Waals surface area contributed by atoms with Gasteiger partial charge < -0.3 is 4.74 Å². The molecule has 1 aromatic rings. The number of hydrazone groups is 1. The Morgan fingerprint density at radius 1 is 1.35 bits per heavy atom. The van der Waals surface area contributed by atoms with Gasteiger partial charge >= 0.3 is 5.97 Å². The summed E-state index contributed by atoms with van der Waals surface area (Å²) in [6.45, 7) is 3.26. The van der Waals surface area contributed by atoms with Gasteiger partial charge in [-0.05, 0) is 26.0 Å². The van der Waals surface area contributed by atoms with E-state index in [-0.39, 0.29) is 23.6 Å². The number of non-ortho nitro benzene ring substituents is 1. The molecule has 0 unspecified atom stereocenters. The van der Waals surface area contributed by atoms with Crippen LogP contribution in [0.4, 0.5) is 5.69 Å². The van der Waals surface area contributed by atoms with E-state index in [9.17, 15) is 19.7 Å². The SMILES string of the molecule is CCOC(=O)/C(C)=N/NC(=O)c1ccc([N+](=O)[O-])cc1. The molecule has 0 aliphatic rings. The second-order valence-corrected chi connectivity index (χ2v) is 3.66. The van der Waals surface area contributed by atoms with Gasteiger partial charge in [0.05, 0.1) is 11.5 Å². The summed E-state index contributed by atoms with van der Waals surface area (Å²) in [4.78, 5) is 32.8. The highest BCUT2D eigenvalue weighted by molar-refractivity contribution is 6.35. The number of nitrogens with one attached hydrogen (secondary N) is 1. The van der Waals surface area contributed by atoms with E-state index in [1.807, 2.05) is 0 Å². The number of amides is 1. The zero-order chi connectivity index (χ0) is 15.1. The number of carbonyl (C=O) groups excluding carboxylic acids is 2. The fourth-order valence-electron chi connectivity index (χ4n) is 1.21. The molecule has 8 heteroatoms. The monoisotopic (exact) mass is 279 g/mol. The Morgan fingerprint density at radius 2 is 1.95 bits per heavy atom. The Morgan fingerprint density at radius 3 is 2.45 bits per heavy atom. The number of nitro benzene ring substituents is 1. The molecule has 8 nitrogen and oxygen atoms in total. The predicted octanol–water partition coefficient (Wildman–Crippen LogP) is 1.26. The van der Waals surface area contributed by atoms with Crippen LogP contribution >= 0.6 is 0 Å². The van der Waals surface area contributed by atoms with Crippen molar-refractivity contribution < 1.29 is 19.2 Å². The summed E-state index contributed by atoms with van der Waals surface area (Å²) in [5.41, 5.74) is 2.24. The van der Waals surface area contributed by atoms with E-state index in [1.54, 1.807) is 6.92 Å². The quantitative estimate of drug-likeness (QED) is 0.377. The number of nitrogens with zero attached hydrogens (tertiary/aromatic N) is 2. The van der Waals surface area contributed by atoms with Gasteiger partial charge in [-0.15, -0.1) is 0 Å². The molecule has 0 aliphatic heterocycles. The number of ether oxygens (including phenoxy) is 1. The molecule has 0 fully saturated rings. The summed E-state index contributed by atoms with van der Waals surface area (Å²) >= 11 is 0. The third-order valence-corrected chi connectivity index (χ3v) is 2.24. The zero-order valence-corrected chi connectivity index (χ0v) is 11.0. The molecule has 0 aliphatic carbocycles. The Labute approximate surface area is 114 Å². The molecule has 0 radical (unpaired) electrons. The molecule has 1 rings (SSSR count). The molecular formula is C12H13N3O5. The van der Waals surface area contributed by atoms with Gasteiger partial charge in [0.1, 0.15) is 5.71 Å². The van der Waals surface area contributed by atoms with Gasteiger partial charge in [-0.2, -0.15) is 5.10 Å². The summed E-state index contributed by atoms with van der Waals surface area (Å²) in [6.07, 6.45) is 0. The van der Waals surface area contributed by atoms with Gasteiger partial charge in [0, 0.05) is 17.7 Å². The first-order chi connectivity index (χ1) is 9.45. The number of carbonyl (C=O) groups is 2. The van der Waals surface area contributed by atoms with Crippen LogP contribution in [0.15, 0.2) is 29.4 Å². The first kappa shape index (κ1) is 15.3. The molecule has 0 heterocycles. The van der Waals surface area contributed by atoms with Crippen molar-refractivity contribution in [3.8, 4) is 0 Å². The summed E-state index contributed by atoms with van der Waals surface area (Å²) in [6, 6.07) is 5.00. The molecule has 1 amide bonds. The topological polar surface area (TPSA) is 111 Å². The maximum Gasteiger partial charge on any atom is 0.354 e. The van der Waals surface area contributed by atoms with Crippen LogP contribution in [0, 0.1) is 10.1 Å². The minimum absolute atomic E-state index is 0.00196. The fourth-order valence-corrected chi connectivity index (χ4v) is 1.21. The summed E-state index contributed by atoms with van der Waals surface area (Å²) in [5.74, 6) is -1.21. The lowest BCUT2D eigenvalue weighted by Gasteiger charge is -2.02. The van der Waals surface area contributed by atoms with Gasteiger partial charge in [-0.3, -0.25) is 14.9 Å². The van der Waals surface area contributed by atoms with E-state index in [0.717, 1.165) is 0 Å². The number of esters is 1. The van der Waals surface area contributed by atoms with Crippen molar-refractivity contribution in [1.29, 1.82) is 0 Å². The summed E-state index contributed by atoms with van der Waals surface area (Å²) in [7, 11) is 0. The van der Waals surface area contributed by atoms with Gasteiger partial charge in [0.15, 0.2) is 0 Å². The maximum absolute atomic E-state index is 11.7. The molecule has 0 aromatic heterocycles. The standard InChI is InChI=1S/C12H13N3O5/c1-3-20-12(17)8(2)13-14-11(16)9-4-6-10(7-5-9)15(18)19/h4-7H,3H2,1-2H3,(H,14,16)/b13-8+. The third kappa shape index (κ3) is 4.16. The van der Waals surface area contributed by atoms with Crippen LogP contribution in [0.3, 0.4) is 0 Å². The minimum Gasteiger partial charge on any atom is -0.461 e. The molecule has 0 saturated carbocycles. The number of benzene rings is 1. The average molecular weight is 279 g/mol. The van der Waals surface area contributed by atoms with E-state index >= 15 is 0 Å². The lowest BCUT2D eigenvalue weighted by molar-refractivity contribution is -0.384. The highest BCUT2D eigenvalue weighted by Gasteiger charge is 2.10. The lowest BCUT2D eigenvalue weighted by Crippen LogP contribution is -2.23. The van der Waals surface area contributed by atoms with Crippen LogP contribution in [0.25, 0.3) is 0 Å². The number of hydrogen-bond acceptors (Lipinski definition) is 6. The fraction of sp³-hybridized carbons (Fsp3) is 0.250. The molecule has 1 aromatic carbocycles. The molecule has 0 spiro atoms. The Kier molecular flexibility index (Phi) is 5.33. The highest BCUT2D eigenvalue weighted by Crippen LogP contribution is 2.11. The molecule has 0 bridgehead atoms. The Bertz CT molecular complexity index is 551. The van der Waals surface area contributed by atoms with Crippen molar-refractivity contribution in [3.05, 3.63) is 39.9 Å². The molecular weight excluding hydrogens is 266 g/mol. The normalized spacial score (nSPS) is 10.8. The van der Waals surface area contributed by atoms with Gasteiger partial charge in [-0.25, -0.2) is 10.2 Å². The maximum atomic E-state index is 11.7. The summed E-state index contributed by atoms with van der Waals surface area (Å²) in [5, 5.41) is 14.1. The summed E-state index contributed by atoms with van der Waals surface area (Å²) < 4.78 is 4.69. The third-order valence-electron chi connectivity index (χ3n) is 2.24. The van der Waals surface area contributed by atoms with Gasteiger partial charge in [-0.1, -0.05) is 0 Å². The average Bonchev–Trinajstić information content (AvgIpc) is 2.44. The van der Waals surface area contributed by atoms with Crippen LogP contribution in [0.1, 0.15) is 24.2 Å². The second kappa shape index (κ2) is 6.98. The number of rotatable bonds is 5. The minimum atomic E-state index is -0.628.